The highest BCUT2D eigenvalue weighted by Gasteiger charge is 2.20. The zero-order valence-electron chi connectivity index (χ0n) is 15.3. The molecule has 0 radical (unpaired) electrons. The van der Waals surface area contributed by atoms with Gasteiger partial charge in [-0.25, -0.2) is 12.8 Å². The van der Waals surface area contributed by atoms with Crippen LogP contribution < -0.4 is 5.32 Å². The number of furan rings is 1. The maximum Gasteiger partial charge on any atom is 0.293 e. The van der Waals surface area contributed by atoms with Gasteiger partial charge in [0.05, 0.1) is 4.90 Å². The number of rotatable bonds is 4. The molecule has 10 heteroatoms. The van der Waals surface area contributed by atoms with E-state index in [2.05, 4.69) is 14.7 Å². The monoisotopic (exact) mass is 431 g/mol. The number of amides is 1. The fourth-order valence-corrected chi connectivity index (χ4v) is 4.02. The van der Waals surface area contributed by atoms with Crippen molar-refractivity contribution >= 4 is 43.4 Å². The average molecular weight is 431 g/mol. The molecule has 148 valence electrons. The molecule has 4 aromatic rings. The second-order valence-electron chi connectivity index (χ2n) is 6.37. The molecule has 0 aliphatic heterocycles. The lowest BCUT2D eigenvalue weighted by atomic mass is 10.1. The van der Waals surface area contributed by atoms with Gasteiger partial charge < -0.3 is 4.42 Å². The number of anilines is 1. The van der Waals surface area contributed by atoms with E-state index < -0.39 is 21.6 Å². The summed E-state index contributed by atoms with van der Waals surface area (Å²) in [6.45, 7) is 1.68. The molecule has 2 aromatic heterocycles. The Labute approximate surface area is 169 Å². The van der Waals surface area contributed by atoms with E-state index in [0.29, 0.717) is 27.9 Å². The number of sulfone groups is 1. The molecular weight excluding hydrogens is 417 g/mol. The number of halogens is 1. The van der Waals surface area contributed by atoms with E-state index in [-0.39, 0.29) is 15.8 Å². The summed E-state index contributed by atoms with van der Waals surface area (Å²) in [5.74, 6) is -0.508. The fourth-order valence-electron chi connectivity index (χ4n) is 2.81. The topological polar surface area (TPSA) is 102 Å². The van der Waals surface area contributed by atoms with Crippen LogP contribution in [-0.2, 0) is 9.84 Å². The third-order valence-corrected chi connectivity index (χ3v) is 6.05. The maximum absolute atomic E-state index is 13.4. The van der Waals surface area contributed by atoms with Crippen molar-refractivity contribution in [1.82, 2.24) is 9.36 Å². The Kier molecular flexibility index (Phi) is 4.67. The predicted octanol–water partition coefficient (Wildman–Crippen LogP) is 4.05. The number of carbonyl (C=O) groups is 1. The number of fused-ring (bicyclic) bond motifs is 1. The highest BCUT2D eigenvalue weighted by atomic mass is 32.2. The van der Waals surface area contributed by atoms with Crippen LogP contribution in [0.4, 0.5) is 9.52 Å². The number of hydrogen-bond acceptors (Lipinski definition) is 7. The van der Waals surface area contributed by atoms with Crippen LogP contribution in [0.5, 0.6) is 0 Å². The summed E-state index contributed by atoms with van der Waals surface area (Å²) in [6, 6.07) is 10.2. The molecule has 0 saturated carbocycles. The van der Waals surface area contributed by atoms with Gasteiger partial charge in [-0.2, -0.15) is 9.36 Å². The number of nitrogens with zero attached hydrogens (tertiary/aromatic N) is 2. The molecule has 7 nitrogen and oxygen atoms in total. The zero-order valence-corrected chi connectivity index (χ0v) is 16.9. The van der Waals surface area contributed by atoms with E-state index in [1.165, 1.54) is 30.3 Å². The molecule has 4 rings (SSSR count). The molecule has 1 N–H and O–H groups in total. The Bertz CT molecular complexity index is 1340. The molecular formula is C19H14FN3O4S2. The third-order valence-electron chi connectivity index (χ3n) is 4.29. The van der Waals surface area contributed by atoms with Gasteiger partial charge >= 0.3 is 0 Å². The Hall–Kier alpha value is -3.11. The summed E-state index contributed by atoms with van der Waals surface area (Å²) in [7, 11) is -3.29. The average Bonchev–Trinajstić information content (AvgIpc) is 3.26. The van der Waals surface area contributed by atoms with E-state index in [0.717, 1.165) is 17.8 Å². The van der Waals surface area contributed by atoms with Crippen LogP contribution in [0.1, 0.15) is 16.1 Å². The minimum absolute atomic E-state index is 0.0693. The maximum atomic E-state index is 13.4. The second-order valence-corrected chi connectivity index (χ2v) is 9.14. The van der Waals surface area contributed by atoms with Gasteiger partial charge in [0.25, 0.3) is 5.91 Å². The summed E-state index contributed by atoms with van der Waals surface area (Å²) in [4.78, 5) is 17.0. The minimum Gasteiger partial charge on any atom is -0.451 e. The fraction of sp³-hybridized carbons (Fsp3) is 0.105. The molecule has 29 heavy (non-hydrogen) atoms. The van der Waals surface area contributed by atoms with Gasteiger partial charge in [0.2, 0.25) is 5.13 Å². The number of aryl methyl sites for hydroxylation is 1. The van der Waals surface area contributed by atoms with Crippen molar-refractivity contribution in [3.63, 3.8) is 0 Å². The second kappa shape index (κ2) is 7.05. The highest BCUT2D eigenvalue weighted by molar-refractivity contribution is 7.90. The lowest BCUT2D eigenvalue weighted by Gasteiger charge is -2.00. The summed E-state index contributed by atoms with van der Waals surface area (Å²) in [5.41, 5.74) is 1.56. The van der Waals surface area contributed by atoms with Gasteiger partial charge in [0.1, 0.15) is 11.4 Å². The van der Waals surface area contributed by atoms with Gasteiger partial charge in [-0.05, 0) is 49.4 Å². The first-order valence-electron chi connectivity index (χ1n) is 8.36. The van der Waals surface area contributed by atoms with E-state index >= 15 is 0 Å². The standard InChI is InChI=1S/C19H14FN3O4S2/c1-10-14-9-12(20)5-8-15(14)27-16(10)18(24)22-19-21-17(23-28-19)11-3-6-13(7-4-11)29(2,25)26/h3-9H,1-2H3,(H,21,22,23,24). The predicted molar refractivity (Wildman–Crippen MR) is 107 cm³/mol. The quantitative estimate of drug-likeness (QED) is 0.523. The first-order valence-corrected chi connectivity index (χ1v) is 11.0. The molecule has 0 aliphatic rings. The summed E-state index contributed by atoms with van der Waals surface area (Å²) >= 11 is 0.979. The summed E-state index contributed by atoms with van der Waals surface area (Å²) in [5, 5.41) is 3.40. The Morgan fingerprint density at radius 1 is 1.17 bits per heavy atom. The van der Waals surface area contributed by atoms with Crippen LogP contribution in [0, 0.1) is 12.7 Å². The molecule has 2 heterocycles. The largest absolute Gasteiger partial charge is 0.451 e. The van der Waals surface area contributed by atoms with Crippen molar-refractivity contribution in [2.45, 2.75) is 11.8 Å². The number of hydrogen-bond donors (Lipinski definition) is 1. The van der Waals surface area contributed by atoms with E-state index in [4.69, 9.17) is 4.42 Å². The molecule has 0 spiro atoms. The van der Waals surface area contributed by atoms with Crippen molar-refractivity contribution in [2.24, 2.45) is 0 Å². The smallest absolute Gasteiger partial charge is 0.293 e. The summed E-state index contributed by atoms with van der Waals surface area (Å²) in [6.07, 6.45) is 1.13. The van der Waals surface area contributed by atoms with Gasteiger partial charge in [-0.1, -0.05) is 0 Å². The molecule has 0 bridgehead atoms. The first kappa shape index (κ1) is 19.2. The van der Waals surface area contributed by atoms with Crippen LogP contribution in [0.2, 0.25) is 0 Å². The van der Waals surface area contributed by atoms with E-state index in [1.807, 2.05) is 0 Å². The first-order chi connectivity index (χ1) is 13.7. The molecule has 0 fully saturated rings. The van der Waals surface area contributed by atoms with Gasteiger partial charge in [0, 0.05) is 34.3 Å². The van der Waals surface area contributed by atoms with Crippen molar-refractivity contribution in [3.05, 3.63) is 59.6 Å². The van der Waals surface area contributed by atoms with Crippen molar-refractivity contribution in [1.29, 1.82) is 0 Å². The molecule has 2 aromatic carbocycles. The number of carbonyl (C=O) groups excluding carboxylic acids is 1. The number of benzene rings is 2. The Morgan fingerprint density at radius 3 is 2.59 bits per heavy atom. The third kappa shape index (κ3) is 3.76. The minimum atomic E-state index is -3.29. The van der Waals surface area contributed by atoms with Gasteiger partial charge in [0.15, 0.2) is 21.4 Å². The van der Waals surface area contributed by atoms with E-state index in [1.54, 1.807) is 19.1 Å². The summed E-state index contributed by atoms with van der Waals surface area (Å²) < 4.78 is 46.3. The highest BCUT2D eigenvalue weighted by Crippen LogP contribution is 2.28. The lowest BCUT2D eigenvalue weighted by Crippen LogP contribution is -2.11. The zero-order chi connectivity index (χ0) is 20.8. The molecule has 0 atom stereocenters. The van der Waals surface area contributed by atoms with Crippen molar-refractivity contribution in [3.8, 4) is 11.4 Å². The Morgan fingerprint density at radius 2 is 1.90 bits per heavy atom. The van der Waals surface area contributed by atoms with Crippen LogP contribution >= 0.6 is 11.5 Å². The lowest BCUT2D eigenvalue weighted by molar-refractivity contribution is 0.0998. The number of nitrogens with one attached hydrogen (secondary N) is 1. The Balaban J connectivity index is 1.56. The van der Waals surface area contributed by atoms with Crippen molar-refractivity contribution in [2.75, 3.05) is 11.6 Å². The van der Waals surface area contributed by atoms with Crippen LogP contribution in [0.3, 0.4) is 0 Å². The van der Waals surface area contributed by atoms with Crippen LogP contribution in [0.25, 0.3) is 22.4 Å². The molecule has 0 unspecified atom stereocenters. The van der Waals surface area contributed by atoms with Crippen LogP contribution in [-0.4, -0.2) is 29.9 Å². The number of aromatic nitrogens is 2. The molecule has 0 saturated heterocycles. The van der Waals surface area contributed by atoms with Gasteiger partial charge in [-0.15, -0.1) is 0 Å². The SMILES string of the molecule is Cc1c(C(=O)Nc2nc(-c3ccc(S(C)(=O)=O)cc3)ns2)oc2ccc(F)cc12. The normalized spacial score (nSPS) is 11.7. The van der Waals surface area contributed by atoms with Gasteiger partial charge in [-0.3, -0.25) is 10.1 Å². The molecule has 0 aliphatic carbocycles. The van der Waals surface area contributed by atoms with E-state index in [9.17, 15) is 17.6 Å². The van der Waals surface area contributed by atoms with Crippen LogP contribution in [0.15, 0.2) is 51.8 Å². The molecule has 1 amide bonds. The van der Waals surface area contributed by atoms with Crippen molar-refractivity contribution < 1.29 is 22.0 Å².